The zero-order valence-electron chi connectivity index (χ0n) is 12.6. The Bertz CT molecular complexity index is 453. The van der Waals surface area contributed by atoms with E-state index in [1.165, 1.54) is 0 Å². The Kier molecular flexibility index (Phi) is 4.92. The lowest BCUT2D eigenvalue weighted by atomic mass is 9.81. The predicted molar refractivity (Wildman–Crippen MR) is 79.0 cm³/mol. The Morgan fingerprint density at radius 1 is 1.42 bits per heavy atom. The lowest BCUT2D eigenvalue weighted by Crippen LogP contribution is -2.37. The fourth-order valence-corrected chi connectivity index (χ4v) is 1.54. The molecule has 0 fully saturated rings. The van der Waals surface area contributed by atoms with Crippen LogP contribution in [0.4, 0.5) is 5.82 Å². The van der Waals surface area contributed by atoms with Crippen LogP contribution in [-0.4, -0.2) is 17.4 Å². The predicted octanol–water partition coefficient (Wildman–Crippen LogP) is 2.64. The molecule has 1 amide bonds. The van der Waals surface area contributed by atoms with Crippen LogP contribution >= 0.6 is 0 Å². The van der Waals surface area contributed by atoms with E-state index in [1.54, 1.807) is 12.1 Å². The summed E-state index contributed by atoms with van der Waals surface area (Å²) in [5, 5.41) is 2.98. The molecule has 0 aliphatic heterocycles. The van der Waals surface area contributed by atoms with Gasteiger partial charge in [-0.2, -0.15) is 0 Å². The van der Waals surface area contributed by atoms with Crippen molar-refractivity contribution < 1.29 is 4.79 Å². The first-order chi connectivity index (χ1) is 8.76. The van der Waals surface area contributed by atoms with Crippen molar-refractivity contribution >= 4 is 11.7 Å². The van der Waals surface area contributed by atoms with Gasteiger partial charge in [0, 0.05) is 17.8 Å². The molecule has 1 heterocycles. The van der Waals surface area contributed by atoms with Gasteiger partial charge in [-0.05, 0) is 29.9 Å². The minimum atomic E-state index is -0.0856. The second kappa shape index (κ2) is 6.04. The van der Waals surface area contributed by atoms with Crippen molar-refractivity contribution in [3.63, 3.8) is 0 Å². The van der Waals surface area contributed by atoms with Crippen molar-refractivity contribution in [2.24, 2.45) is 11.3 Å². The standard InChI is InChI=1S/C15H25N3O/c1-6-12-7-11(8-13(16)18-12)14(19)17-9-15(4,5)10(2)3/h7-8,10H,6,9H2,1-5H3,(H2,16,18)(H,17,19). The first kappa shape index (κ1) is 15.5. The van der Waals surface area contributed by atoms with Gasteiger partial charge in [0.05, 0.1) is 0 Å². The SMILES string of the molecule is CCc1cc(C(=O)NCC(C)(C)C(C)C)cc(N)n1. The summed E-state index contributed by atoms with van der Waals surface area (Å²) in [6, 6.07) is 3.42. The minimum absolute atomic E-state index is 0.0713. The van der Waals surface area contributed by atoms with E-state index in [1.807, 2.05) is 6.92 Å². The third-order valence-electron chi connectivity index (χ3n) is 3.79. The third-order valence-corrected chi connectivity index (χ3v) is 3.79. The van der Waals surface area contributed by atoms with E-state index in [0.717, 1.165) is 12.1 Å². The number of carbonyl (C=O) groups is 1. The lowest BCUT2D eigenvalue weighted by Gasteiger charge is -2.29. The monoisotopic (exact) mass is 263 g/mol. The molecule has 0 radical (unpaired) electrons. The molecule has 0 aliphatic carbocycles. The number of nitrogens with two attached hydrogens (primary N) is 1. The van der Waals surface area contributed by atoms with Gasteiger partial charge >= 0.3 is 0 Å². The molecule has 106 valence electrons. The number of amides is 1. The summed E-state index contributed by atoms with van der Waals surface area (Å²) in [5.74, 6) is 0.812. The maximum atomic E-state index is 12.1. The van der Waals surface area contributed by atoms with Crippen LogP contribution in [0.3, 0.4) is 0 Å². The number of nitrogen functional groups attached to an aromatic ring is 1. The molecule has 4 heteroatoms. The second-order valence-electron chi connectivity index (χ2n) is 5.95. The van der Waals surface area contributed by atoms with Gasteiger partial charge in [-0.15, -0.1) is 0 Å². The molecule has 3 N–H and O–H groups in total. The fraction of sp³-hybridized carbons (Fsp3) is 0.600. The largest absolute Gasteiger partial charge is 0.384 e. The van der Waals surface area contributed by atoms with Gasteiger partial charge in [-0.3, -0.25) is 4.79 Å². The highest BCUT2D eigenvalue weighted by Crippen LogP contribution is 2.24. The number of nitrogens with one attached hydrogen (secondary N) is 1. The Hall–Kier alpha value is -1.58. The topological polar surface area (TPSA) is 68.0 Å². The molecule has 19 heavy (non-hydrogen) atoms. The molecule has 1 aromatic rings. The van der Waals surface area contributed by atoms with Crippen LogP contribution in [0.5, 0.6) is 0 Å². The average Bonchev–Trinajstić information content (AvgIpc) is 2.34. The number of pyridine rings is 1. The Morgan fingerprint density at radius 3 is 2.58 bits per heavy atom. The number of aryl methyl sites for hydroxylation is 1. The number of carbonyl (C=O) groups excluding carboxylic acids is 1. The molecule has 4 nitrogen and oxygen atoms in total. The highest BCUT2D eigenvalue weighted by molar-refractivity contribution is 5.94. The molecule has 0 aromatic carbocycles. The zero-order chi connectivity index (χ0) is 14.6. The molecule has 0 spiro atoms. The van der Waals surface area contributed by atoms with Gasteiger partial charge in [0.15, 0.2) is 0 Å². The molecule has 0 bridgehead atoms. The van der Waals surface area contributed by atoms with Gasteiger partial charge in [-0.25, -0.2) is 4.98 Å². The number of rotatable bonds is 5. The molecule has 0 aliphatic rings. The number of anilines is 1. The van der Waals surface area contributed by atoms with Crippen LogP contribution in [-0.2, 0) is 6.42 Å². The van der Waals surface area contributed by atoms with Crippen LogP contribution in [0.1, 0.15) is 50.7 Å². The van der Waals surface area contributed by atoms with E-state index in [2.05, 4.69) is 38.0 Å². The highest BCUT2D eigenvalue weighted by atomic mass is 16.1. The van der Waals surface area contributed by atoms with Gasteiger partial charge in [0.1, 0.15) is 5.82 Å². The summed E-state index contributed by atoms with van der Waals surface area (Å²) in [4.78, 5) is 16.3. The van der Waals surface area contributed by atoms with Crippen molar-refractivity contribution in [1.82, 2.24) is 10.3 Å². The van der Waals surface area contributed by atoms with E-state index in [9.17, 15) is 4.79 Å². The van der Waals surface area contributed by atoms with E-state index in [-0.39, 0.29) is 11.3 Å². The van der Waals surface area contributed by atoms with Crippen LogP contribution in [0, 0.1) is 11.3 Å². The van der Waals surface area contributed by atoms with E-state index in [0.29, 0.717) is 23.8 Å². The summed E-state index contributed by atoms with van der Waals surface area (Å²) >= 11 is 0. The zero-order valence-corrected chi connectivity index (χ0v) is 12.6. The van der Waals surface area contributed by atoms with E-state index < -0.39 is 0 Å². The molecular formula is C15H25N3O. The number of hydrogen-bond donors (Lipinski definition) is 2. The molecule has 0 saturated heterocycles. The summed E-state index contributed by atoms with van der Waals surface area (Å²) < 4.78 is 0. The first-order valence-corrected chi connectivity index (χ1v) is 6.81. The van der Waals surface area contributed by atoms with Gasteiger partial charge in [0.25, 0.3) is 5.91 Å². The van der Waals surface area contributed by atoms with Gasteiger partial charge in [0.2, 0.25) is 0 Å². The van der Waals surface area contributed by atoms with Crippen LogP contribution < -0.4 is 11.1 Å². The lowest BCUT2D eigenvalue weighted by molar-refractivity contribution is 0.0924. The summed E-state index contributed by atoms with van der Waals surface area (Å²) in [6.07, 6.45) is 0.767. The van der Waals surface area contributed by atoms with E-state index >= 15 is 0 Å². The van der Waals surface area contributed by atoms with Crippen molar-refractivity contribution in [2.75, 3.05) is 12.3 Å². The summed E-state index contributed by atoms with van der Waals surface area (Å²) in [7, 11) is 0. The highest BCUT2D eigenvalue weighted by Gasteiger charge is 2.23. The smallest absolute Gasteiger partial charge is 0.251 e. The van der Waals surface area contributed by atoms with Crippen molar-refractivity contribution in [2.45, 2.75) is 41.0 Å². The van der Waals surface area contributed by atoms with Crippen LogP contribution in [0.15, 0.2) is 12.1 Å². The normalized spacial score (nSPS) is 11.7. The van der Waals surface area contributed by atoms with Crippen LogP contribution in [0.25, 0.3) is 0 Å². The Morgan fingerprint density at radius 2 is 2.05 bits per heavy atom. The summed E-state index contributed by atoms with van der Waals surface area (Å²) in [5.41, 5.74) is 7.21. The van der Waals surface area contributed by atoms with Gasteiger partial charge < -0.3 is 11.1 Å². The quantitative estimate of drug-likeness (QED) is 0.858. The first-order valence-electron chi connectivity index (χ1n) is 6.81. The molecule has 0 saturated carbocycles. The van der Waals surface area contributed by atoms with Gasteiger partial charge in [-0.1, -0.05) is 34.6 Å². The van der Waals surface area contributed by atoms with Crippen LogP contribution in [0.2, 0.25) is 0 Å². The molecule has 0 unspecified atom stereocenters. The van der Waals surface area contributed by atoms with Crippen molar-refractivity contribution in [1.29, 1.82) is 0 Å². The van der Waals surface area contributed by atoms with E-state index in [4.69, 9.17) is 5.73 Å². The molecular weight excluding hydrogens is 238 g/mol. The second-order valence-corrected chi connectivity index (χ2v) is 5.95. The van der Waals surface area contributed by atoms with Crippen molar-refractivity contribution in [3.05, 3.63) is 23.4 Å². The fourth-order valence-electron chi connectivity index (χ4n) is 1.54. The minimum Gasteiger partial charge on any atom is -0.384 e. The maximum Gasteiger partial charge on any atom is 0.251 e. The molecule has 1 aromatic heterocycles. The third kappa shape index (κ3) is 4.23. The summed E-state index contributed by atoms with van der Waals surface area (Å²) in [6.45, 7) is 11.3. The maximum absolute atomic E-state index is 12.1. The Labute approximate surface area is 115 Å². The Balaban J connectivity index is 2.76. The average molecular weight is 263 g/mol. The molecule has 0 atom stereocenters. The number of nitrogens with zero attached hydrogens (tertiary/aromatic N) is 1. The number of hydrogen-bond acceptors (Lipinski definition) is 3. The van der Waals surface area contributed by atoms with Crippen molar-refractivity contribution in [3.8, 4) is 0 Å². The molecule has 1 rings (SSSR count). The number of aromatic nitrogens is 1.